The van der Waals surface area contributed by atoms with E-state index < -0.39 is 21.9 Å². The molecule has 0 aromatic heterocycles. The lowest BCUT2D eigenvalue weighted by atomic mass is 10.4. The number of carbonyl (C=O) groups is 1. The molecule has 0 aliphatic heterocycles. The van der Waals surface area contributed by atoms with Crippen LogP contribution < -0.4 is 0 Å². The monoisotopic (exact) mass is 210 g/mol. The van der Waals surface area contributed by atoms with Crippen molar-refractivity contribution in [2.45, 2.75) is 13.3 Å². The normalized spacial score (nSPS) is 10.9. The van der Waals surface area contributed by atoms with Crippen LogP contribution in [0, 0.1) is 0 Å². The topological polar surface area (TPSA) is 60.4 Å². The van der Waals surface area contributed by atoms with Crippen molar-refractivity contribution in [1.82, 2.24) is 0 Å². The first kappa shape index (κ1) is 12.1. The van der Waals surface area contributed by atoms with Crippen molar-refractivity contribution in [2.24, 2.45) is 0 Å². The highest BCUT2D eigenvalue weighted by Gasteiger charge is 2.08. The van der Waals surface area contributed by atoms with Crippen LogP contribution in [0.4, 0.5) is 3.89 Å². The van der Waals surface area contributed by atoms with Gasteiger partial charge in [-0.1, -0.05) is 6.58 Å². The first-order chi connectivity index (χ1) is 5.83. The first-order valence-electron chi connectivity index (χ1n) is 3.58. The third kappa shape index (κ3) is 7.45. The third-order valence-electron chi connectivity index (χ3n) is 1.11. The Kier molecular flexibility index (Phi) is 4.61. The minimum absolute atomic E-state index is 0.0438. The van der Waals surface area contributed by atoms with Crippen molar-refractivity contribution in [1.29, 1.82) is 0 Å². The fourth-order valence-corrected chi connectivity index (χ4v) is 0.982. The SMILES string of the molecule is C=C(C)C(=O)OCCCS(=O)(=O)F. The molecule has 4 nitrogen and oxygen atoms in total. The van der Waals surface area contributed by atoms with Crippen molar-refractivity contribution in [3.8, 4) is 0 Å². The smallest absolute Gasteiger partial charge is 0.333 e. The highest BCUT2D eigenvalue weighted by atomic mass is 32.3. The van der Waals surface area contributed by atoms with Gasteiger partial charge >= 0.3 is 16.2 Å². The van der Waals surface area contributed by atoms with Crippen molar-refractivity contribution < 1.29 is 21.8 Å². The molecule has 0 spiro atoms. The second kappa shape index (κ2) is 4.96. The summed E-state index contributed by atoms with van der Waals surface area (Å²) in [5.41, 5.74) is 0.225. The summed E-state index contributed by atoms with van der Waals surface area (Å²) in [6, 6.07) is 0. The van der Waals surface area contributed by atoms with Gasteiger partial charge in [-0.05, 0) is 13.3 Å². The molecule has 13 heavy (non-hydrogen) atoms. The van der Waals surface area contributed by atoms with Gasteiger partial charge in [0.25, 0.3) is 0 Å². The van der Waals surface area contributed by atoms with Crippen molar-refractivity contribution in [3.05, 3.63) is 12.2 Å². The van der Waals surface area contributed by atoms with Gasteiger partial charge in [0.05, 0.1) is 12.4 Å². The summed E-state index contributed by atoms with van der Waals surface area (Å²) in [5.74, 6) is -1.23. The molecule has 0 saturated heterocycles. The molecule has 0 saturated carbocycles. The summed E-state index contributed by atoms with van der Waals surface area (Å²) in [4.78, 5) is 10.7. The van der Waals surface area contributed by atoms with Crippen LogP contribution in [0.3, 0.4) is 0 Å². The third-order valence-corrected chi connectivity index (χ3v) is 1.89. The Bertz CT molecular complexity index is 294. The van der Waals surface area contributed by atoms with Crippen LogP contribution >= 0.6 is 0 Å². The van der Waals surface area contributed by atoms with Gasteiger partial charge in [0.1, 0.15) is 0 Å². The molecule has 0 aromatic carbocycles. The van der Waals surface area contributed by atoms with Crippen LogP contribution in [-0.2, 0) is 19.8 Å². The molecular weight excluding hydrogens is 199 g/mol. The van der Waals surface area contributed by atoms with Gasteiger partial charge in [-0.15, -0.1) is 3.89 Å². The minimum Gasteiger partial charge on any atom is -0.462 e. The Labute approximate surface area is 76.6 Å². The molecule has 6 heteroatoms. The lowest BCUT2D eigenvalue weighted by molar-refractivity contribution is -0.138. The zero-order valence-corrected chi connectivity index (χ0v) is 8.06. The highest BCUT2D eigenvalue weighted by Crippen LogP contribution is 1.97. The van der Waals surface area contributed by atoms with Crippen LogP contribution in [0.2, 0.25) is 0 Å². The number of ether oxygens (including phenoxy) is 1. The molecule has 0 unspecified atom stereocenters. The number of rotatable bonds is 5. The molecule has 0 atom stereocenters. The van der Waals surface area contributed by atoms with Crippen LogP contribution in [0.15, 0.2) is 12.2 Å². The van der Waals surface area contributed by atoms with E-state index in [1.54, 1.807) is 0 Å². The molecule has 0 amide bonds. The molecule has 0 rings (SSSR count). The summed E-state index contributed by atoms with van der Waals surface area (Å²) in [6.07, 6.45) is -0.0438. The van der Waals surface area contributed by atoms with E-state index in [4.69, 9.17) is 0 Å². The molecule has 0 aromatic rings. The van der Waals surface area contributed by atoms with Gasteiger partial charge in [-0.3, -0.25) is 0 Å². The Morgan fingerprint density at radius 2 is 2.08 bits per heavy atom. The van der Waals surface area contributed by atoms with Gasteiger partial charge in [0, 0.05) is 5.57 Å². The molecule has 76 valence electrons. The maximum Gasteiger partial charge on any atom is 0.333 e. The highest BCUT2D eigenvalue weighted by molar-refractivity contribution is 7.86. The Morgan fingerprint density at radius 3 is 2.46 bits per heavy atom. The average Bonchev–Trinajstić information content (AvgIpc) is 1.95. The van der Waals surface area contributed by atoms with Gasteiger partial charge < -0.3 is 4.74 Å². The second-order valence-corrected chi connectivity index (χ2v) is 4.00. The van der Waals surface area contributed by atoms with Crippen LogP contribution in [0.25, 0.3) is 0 Å². The van der Waals surface area contributed by atoms with Crippen LogP contribution in [-0.4, -0.2) is 26.7 Å². The van der Waals surface area contributed by atoms with E-state index in [1.165, 1.54) is 6.92 Å². The van der Waals surface area contributed by atoms with Crippen LogP contribution in [0.5, 0.6) is 0 Å². The molecule has 0 aliphatic rings. The van der Waals surface area contributed by atoms with E-state index in [-0.39, 0.29) is 18.6 Å². The molecule has 0 fully saturated rings. The maximum atomic E-state index is 11.9. The Hall–Kier alpha value is -0.910. The lowest BCUT2D eigenvalue weighted by Crippen LogP contribution is -2.09. The number of esters is 1. The number of carbonyl (C=O) groups excluding carboxylic acids is 1. The zero-order chi connectivity index (χ0) is 10.5. The van der Waals surface area contributed by atoms with Gasteiger partial charge in [-0.2, -0.15) is 8.42 Å². The standard InChI is InChI=1S/C7H11FO4S/c1-6(2)7(9)12-4-3-5-13(8,10)11/h1,3-5H2,2H3. The first-order valence-corrected chi connectivity index (χ1v) is 5.13. The Morgan fingerprint density at radius 1 is 1.54 bits per heavy atom. The Balaban J connectivity index is 3.59. The fraction of sp³-hybridized carbons (Fsp3) is 0.571. The van der Waals surface area contributed by atoms with E-state index in [1.807, 2.05) is 0 Å². The molecule has 0 heterocycles. The van der Waals surface area contributed by atoms with Crippen molar-refractivity contribution in [3.63, 3.8) is 0 Å². The predicted molar refractivity (Wildman–Crippen MR) is 45.3 cm³/mol. The maximum absolute atomic E-state index is 11.9. The largest absolute Gasteiger partial charge is 0.462 e. The lowest BCUT2D eigenvalue weighted by Gasteiger charge is -2.01. The van der Waals surface area contributed by atoms with E-state index in [0.29, 0.717) is 0 Å². The number of hydrogen-bond acceptors (Lipinski definition) is 4. The second-order valence-electron chi connectivity index (χ2n) is 2.51. The predicted octanol–water partition coefficient (Wildman–Crippen LogP) is 0.795. The number of hydrogen-bond donors (Lipinski definition) is 0. The van der Waals surface area contributed by atoms with E-state index in [9.17, 15) is 17.1 Å². The fourth-order valence-electron chi connectivity index (χ4n) is 0.519. The zero-order valence-electron chi connectivity index (χ0n) is 7.25. The average molecular weight is 210 g/mol. The summed E-state index contributed by atoms with van der Waals surface area (Å²) in [6.45, 7) is 4.67. The van der Waals surface area contributed by atoms with E-state index in [2.05, 4.69) is 11.3 Å². The van der Waals surface area contributed by atoms with Crippen LogP contribution in [0.1, 0.15) is 13.3 Å². The molecule has 0 aliphatic carbocycles. The quantitative estimate of drug-likeness (QED) is 0.291. The summed E-state index contributed by atoms with van der Waals surface area (Å²) >= 11 is 0. The van der Waals surface area contributed by atoms with Gasteiger partial charge in [0.2, 0.25) is 0 Å². The van der Waals surface area contributed by atoms with E-state index in [0.717, 1.165) is 0 Å². The molecule has 0 bridgehead atoms. The summed E-state index contributed by atoms with van der Waals surface area (Å²) in [7, 11) is -4.46. The van der Waals surface area contributed by atoms with Gasteiger partial charge in [-0.25, -0.2) is 4.79 Å². The molecule has 0 radical (unpaired) electrons. The van der Waals surface area contributed by atoms with E-state index >= 15 is 0 Å². The number of halogens is 1. The van der Waals surface area contributed by atoms with Crippen molar-refractivity contribution in [2.75, 3.05) is 12.4 Å². The molecule has 0 N–H and O–H groups in total. The van der Waals surface area contributed by atoms with Crippen molar-refractivity contribution >= 4 is 16.2 Å². The molecular formula is C7H11FO4S. The van der Waals surface area contributed by atoms with Gasteiger partial charge in [0.15, 0.2) is 0 Å². The summed E-state index contributed by atoms with van der Waals surface area (Å²) in [5, 5.41) is 0. The minimum atomic E-state index is -4.46. The summed E-state index contributed by atoms with van der Waals surface area (Å²) < 4.78 is 36.4.